The van der Waals surface area contributed by atoms with E-state index in [0.717, 1.165) is 5.69 Å². The Morgan fingerprint density at radius 2 is 2.09 bits per heavy atom. The van der Waals surface area contributed by atoms with E-state index in [2.05, 4.69) is 4.98 Å². The van der Waals surface area contributed by atoms with Crippen molar-refractivity contribution in [2.75, 3.05) is 12.3 Å². The van der Waals surface area contributed by atoms with Crippen LogP contribution in [0.15, 0.2) is 18.2 Å². The number of aliphatic hydroxyl groups excluding tert-OH is 1. The minimum atomic E-state index is 0.250. The number of pyridine rings is 1. The minimum Gasteiger partial charge on any atom is -0.397 e. The van der Waals surface area contributed by atoms with Crippen LogP contribution in [0.3, 0.4) is 0 Å². The Bertz CT molecular complexity index is 184. The van der Waals surface area contributed by atoms with Crippen LogP contribution in [0.2, 0.25) is 0 Å². The van der Waals surface area contributed by atoms with Crippen LogP contribution < -0.4 is 5.73 Å². The zero-order valence-corrected chi connectivity index (χ0v) is 6.91. The third kappa shape index (κ3) is 5.36. The molecule has 0 saturated heterocycles. The fourth-order valence-corrected chi connectivity index (χ4v) is 0.564. The van der Waals surface area contributed by atoms with Gasteiger partial charge in [-0.2, -0.15) is 0 Å². The summed E-state index contributed by atoms with van der Waals surface area (Å²) in [4.78, 5) is 3.95. The number of nitrogens with zero attached hydrogens (tertiary/aromatic N) is 1. The third-order valence-corrected chi connectivity index (χ3v) is 0.910. The van der Waals surface area contributed by atoms with E-state index < -0.39 is 0 Å². The molecule has 0 radical (unpaired) electrons. The maximum atomic E-state index is 7.57. The van der Waals surface area contributed by atoms with Crippen LogP contribution in [0.25, 0.3) is 0 Å². The van der Waals surface area contributed by atoms with E-state index in [9.17, 15) is 0 Å². The van der Waals surface area contributed by atoms with Crippen LogP contribution in [0, 0.1) is 6.92 Å². The van der Waals surface area contributed by atoms with Crippen molar-refractivity contribution in [2.24, 2.45) is 0 Å². The SMILES string of the molecule is CCO.Cc1cccc(N)n1. The van der Waals surface area contributed by atoms with Crippen LogP contribution in [0.1, 0.15) is 12.6 Å². The highest BCUT2D eigenvalue weighted by molar-refractivity contribution is 5.28. The van der Waals surface area contributed by atoms with E-state index in [1.807, 2.05) is 19.1 Å². The summed E-state index contributed by atoms with van der Waals surface area (Å²) in [7, 11) is 0. The molecule has 0 aromatic carbocycles. The molecule has 0 fully saturated rings. The monoisotopic (exact) mass is 154 g/mol. The fraction of sp³-hybridized carbons (Fsp3) is 0.375. The van der Waals surface area contributed by atoms with Crippen molar-refractivity contribution >= 4 is 5.82 Å². The Kier molecular flexibility index (Phi) is 5.11. The van der Waals surface area contributed by atoms with E-state index in [-0.39, 0.29) is 6.61 Å². The van der Waals surface area contributed by atoms with E-state index in [4.69, 9.17) is 10.8 Å². The van der Waals surface area contributed by atoms with Crippen molar-refractivity contribution in [2.45, 2.75) is 13.8 Å². The maximum Gasteiger partial charge on any atom is 0.123 e. The Balaban J connectivity index is 0.000000292. The molecule has 0 aliphatic carbocycles. The van der Waals surface area contributed by atoms with Crippen LogP contribution in [-0.2, 0) is 0 Å². The first kappa shape index (κ1) is 9.91. The summed E-state index contributed by atoms with van der Waals surface area (Å²) < 4.78 is 0. The lowest BCUT2D eigenvalue weighted by Crippen LogP contribution is -1.89. The van der Waals surface area contributed by atoms with Gasteiger partial charge in [-0.25, -0.2) is 4.98 Å². The molecule has 1 rings (SSSR count). The van der Waals surface area contributed by atoms with Crippen molar-refractivity contribution in [1.29, 1.82) is 0 Å². The summed E-state index contributed by atoms with van der Waals surface area (Å²) in [6.07, 6.45) is 0. The molecule has 0 bridgehead atoms. The first-order valence-electron chi connectivity index (χ1n) is 3.50. The zero-order chi connectivity index (χ0) is 8.69. The van der Waals surface area contributed by atoms with E-state index in [0.29, 0.717) is 5.82 Å². The van der Waals surface area contributed by atoms with Gasteiger partial charge in [0.05, 0.1) is 0 Å². The number of hydrogen-bond donors (Lipinski definition) is 2. The number of hydrogen-bond acceptors (Lipinski definition) is 3. The highest BCUT2D eigenvalue weighted by Gasteiger charge is 1.82. The van der Waals surface area contributed by atoms with Crippen molar-refractivity contribution in [1.82, 2.24) is 4.98 Å². The molecular weight excluding hydrogens is 140 g/mol. The lowest BCUT2D eigenvalue weighted by molar-refractivity contribution is 0.318. The van der Waals surface area contributed by atoms with Crippen molar-refractivity contribution < 1.29 is 5.11 Å². The van der Waals surface area contributed by atoms with E-state index in [1.54, 1.807) is 13.0 Å². The molecule has 3 heteroatoms. The molecule has 0 aliphatic heterocycles. The summed E-state index contributed by atoms with van der Waals surface area (Å²) in [5.41, 5.74) is 6.31. The Morgan fingerprint density at radius 1 is 1.55 bits per heavy atom. The van der Waals surface area contributed by atoms with Crippen molar-refractivity contribution in [3.05, 3.63) is 23.9 Å². The molecule has 0 saturated carbocycles. The van der Waals surface area contributed by atoms with Crippen LogP contribution in [-0.4, -0.2) is 16.7 Å². The third-order valence-electron chi connectivity index (χ3n) is 0.910. The Hall–Kier alpha value is -1.09. The average Bonchev–Trinajstić information content (AvgIpc) is 1.88. The van der Waals surface area contributed by atoms with Crippen LogP contribution in [0.4, 0.5) is 5.82 Å². The lowest BCUT2D eigenvalue weighted by atomic mass is 10.4. The Morgan fingerprint density at radius 3 is 2.36 bits per heavy atom. The zero-order valence-electron chi connectivity index (χ0n) is 6.91. The van der Waals surface area contributed by atoms with Crippen molar-refractivity contribution in [3.8, 4) is 0 Å². The van der Waals surface area contributed by atoms with Gasteiger partial charge in [0.25, 0.3) is 0 Å². The molecule has 0 atom stereocenters. The van der Waals surface area contributed by atoms with Crippen molar-refractivity contribution in [3.63, 3.8) is 0 Å². The van der Waals surface area contributed by atoms with Gasteiger partial charge in [0.2, 0.25) is 0 Å². The van der Waals surface area contributed by atoms with Gasteiger partial charge < -0.3 is 10.8 Å². The maximum absolute atomic E-state index is 7.57. The summed E-state index contributed by atoms with van der Waals surface area (Å²) in [6.45, 7) is 3.84. The van der Waals surface area contributed by atoms with Gasteiger partial charge in [-0.3, -0.25) is 0 Å². The highest BCUT2D eigenvalue weighted by atomic mass is 16.2. The van der Waals surface area contributed by atoms with Gasteiger partial charge in [0.15, 0.2) is 0 Å². The van der Waals surface area contributed by atoms with E-state index in [1.165, 1.54) is 0 Å². The fourth-order valence-electron chi connectivity index (χ4n) is 0.564. The van der Waals surface area contributed by atoms with Gasteiger partial charge in [-0.1, -0.05) is 6.07 Å². The average molecular weight is 154 g/mol. The molecule has 11 heavy (non-hydrogen) atoms. The van der Waals surface area contributed by atoms with Gasteiger partial charge in [-0.15, -0.1) is 0 Å². The second-order valence-electron chi connectivity index (χ2n) is 2.02. The number of nitrogens with two attached hydrogens (primary N) is 1. The number of aryl methyl sites for hydroxylation is 1. The Labute approximate surface area is 66.9 Å². The molecule has 3 N–H and O–H groups in total. The highest BCUT2D eigenvalue weighted by Crippen LogP contribution is 1.96. The molecule has 1 aromatic rings. The topological polar surface area (TPSA) is 59.1 Å². The van der Waals surface area contributed by atoms with Gasteiger partial charge in [0.1, 0.15) is 5.82 Å². The largest absolute Gasteiger partial charge is 0.397 e. The summed E-state index contributed by atoms with van der Waals surface area (Å²) in [6, 6.07) is 5.57. The number of aliphatic hydroxyl groups is 1. The van der Waals surface area contributed by atoms with Gasteiger partial charge >= 0.3 is 0 Å². The molecule has 1 aromatic heterocycles. The first-order chi connectivity index (χ1) is 5.20. The molecular formula is C8H14N2O. The predicted molar refractivity (Wildman–Crippen MR) is 46.1 cm³/mol. The smallest absolute Gasteiger partial charge is 0.123 e. The van der Waals surface area contributed by atoms with Gasteiger partial charge in [0, 0.05) is 12.3 Å². The first-order valence-corrected chi connectivity index (χ1v) is 3.50. The number of anilines is 1. The normalized spacial score (nSPS) is 8.27. The molecule has 3 nitrogen and oxygen atoms in total. The minimum absolute atomic E-state index is 0.250. The summed E-state index contributed by atoms with van der Waals surface area (Å²) >= 11 is 0. The quantitative estimate of drug-likeness (QED) is 0.585. The van der Waals surface area contributed by atoms with Gasteiger partial charge in [-0.05, 0) is 26.0 Å². The standard InChI is InChI=1S/C6H8N2.C2H6O/c1-5-3-2-4-6(7)8-5;1-2-3/h2-4H,1H3,(H2,7,8);3H,2H2,1H3. The van der Waals surface area contributed by atoms with Crippen LogP contribution in [0.5, 0.6) is 0 Å². The second kappa shape index (κ2) is 5.68. The molecule has 62 valence electrons. The molecule has 1 heterocycles. The lowest BCUT2D eigenvalue weighted by Gasteiger charge is -1.90. The number of nitrogen functional groups attached to an aromatic ring is 1. The molecule has 0 unspecified atom stereocenters. The number of rotatable bonds is 0. The molecule has 0 amide bonds. The van der Waals surface area contributed by atoms with E-state index >= 15 is 0 Å². The van der Waals surface area contributed by atoms with Crippen LogP contribution >= 0.6 is 0 Å². The number of aromatic nitrogens is 1. The predicted octanol–water partition coefficient (Wildman–Crippen LogP) is 0.971. The second-order valence-corrected chi connectivity index (χ2v) is 2.02. The molecule has 0 aliphatic rings. The summed E-state index contributed by atoms with van der Waals surface area (Å²) in [5.74, 6) is 0.588. The summed E-state index contributed by atoms with van der Waals surface area (Å²) in [5, 5.41) is 7.57. The molecule has 0 spiro atoms.